The molecule has 1 fully saturated rings. The molecule has 0 N–H and O–H groups in total. The first kappa shape index (κ1) is 14.3. The van der Waals surface area contributed by atoms with E-state index in [1.165, 1.54) is 6.26 Å². The molecule has 114 valence electrons. The highest BCUT2D eigenvalue weighted by Crippen LogP contribution is 2.12. The standard InChI is InChI=1S/C16H17N3O3/c20-15(13-4-6-17-7-5-13)18-8-2-9-19(11-10-18)16(21)14-3-1-12-22-14/h1,3-7,12H,2,8-11H2. The SMILES string of the molecule is O=C(c1ccncc1)N1CCCN(C(=O)c2ccco2)CC1. The predicted molar refractivity (Wildman–Crippen MR) is 79.4 cm³/mol. The molecule has 0 aliphatic carbocycles. The van der Waals surface area contributed by atoms with Crippen molar-refractivity contribution in [2.24, 2.45) is 0 Å². The summed E-state index contributed by atoms with van der Waals surface area (Å²) < 4.78 is 5.15. The van der Waals surface area contributed by atoms with Crippen molar-refractivity contribution in [1.82, 2.24) is 14.8 Å². The quantitative estimate of drug-likeness (QED) is 0.846. The highest BCUT2D eigenvalue weighted by molar-refractivity contribution is 5.94. The Morgan fingerprint density at radius 2 is 1.64 bits per heavy atom. The van der Waals surface area contributed by atoms with Gasteiger partial charge in [-0.3, -0.25) is 14.6 Å². The smallest absolute Gasteiger partial charge is 0.289 e. The van der Waals surface area contributed by atoms with Crippen molar-refractivity contribution in [3.8, 4) is 0 Å². The average Bonchev–Trinajstić information content (AvgIpc) is 2.99. The maximum Gasteiger partial charge on any atom is 0.289 e. The lowest BCUT2D eigenvalue weighted by atomic mass is 10.2. The lowest BCUT2D eigenvalue weighted by Gasteiger charge is -2.21. The number of nitrogens with zero attached hydrogens (tertiary/aromatic N) is 3. The van der Waals surface area contributed by atoms with Gasteiger partial charge in [0.2, 0.25) is 0 Å². The van der Waals surface area contributed by atoms with E-state index < -0.39 is 0 Å². The van der Waals surface area contributed by atoms with Gasteiger partial charge in [0.05, 0.1) is 6.26 Å². The van der Waals surface area contributed by atoms with E-state index in [1.807, 2.05) is 0 Å². The summed E-state index contributed by atoms with van der Waals surface area (Å²) >= 11 is 0. The number of pyridine rings is 1. The molecule has 0 unspecified atom stereocenters. The zero-order valence-corrected chi connectivity index (χ0v) is 12.1. The van der Waals surface area contributed by atoms with Gasteiger partial charge in [-0.2, -0.15) is 0 Å². The summed E-state index contributed by atoms with van der Waals surface area (Å²) in [6, 6.07) is 6.77. The molecule has 0 bridgehead atoms. The minimum absolute atomic E-state index is 0.0188. The maximum absolute atomic E-state index is 12.4. The molecule has 0 spiro atoms. The van der Waals surface area contributed by atoms with Crippen molar-refractivity contribution in [2.45, 2.75) is 6.42 Å². The van der Waals surface area contributed by atoms with Crippen molar-refractivity contribution in [1.29, 1.82) is 0 Å². The number of furan rings is 1. The fourth-order valence-electron chi connectivity index (χ4n) is 2.56. The first-order valence-corrected chi connectivity index (χ1v) is 7.28. The number of carbonyl (C=O) groups excluding carboxylic acids is 2. The molecule has 0 aromatic carbocycles. The molecule has 0 atom stereocenters. The molecule has 3 rings (SSSR count). The van der Waals surface area contributed by atoms with Crippen LogP contribution in [0.1, 0.15) is 27.3 Å². The molecule has 0 radical (unpaired) electrons. The molecule has 0 saturated carbocycles. The molecule has 2 aromatic heterocycles. The fourth-order valence-corrected chi connectivity index (χ4v) is 2.56. The number of rotatable bonds is 2. The van der Waals surface area contributed by atoms with Gasteiger partial charge in [-0.25, -0.2) is 0 Å². The number of aromatic nitrogens is 1. The second-order valence-electron chi connectivity index (χ2n) is 5.15. The van der Waals surface area contributed by atoms with Crippen LogP contribution in [0.5, 0.6) is 0 Å². The monoisotopic (exact) mass is 299 g/mol. The van der Waals surface area contributed by atoms with Crippen molar-refractivity contribution in [2.75, 3.05) is 26.2 Å². The van der Waals surface area contributed by atoms with E-state index in [0.717, 1.165) is 6.42 Å². The van der Waals surface area contributed by atoms with Crippen LogP contribution < -0.4 is 0 Å². The lowest BCUT2D eigenvalue weighted by molar-refractivity contribution is 0.0700. The van der Waals surface area contributed by atoms with Gasteiger partial charge in [0.15, 0.2) is 5.76 Å². The summed E-state index contributed by atoms with van der Waals surface area (Å²) in [5.41, 5.74) is 0.626. The lowest BCUT2D eigenvalue weighted by Crippen LogP contribution is -2.37. The zero-order chi connectivity index (χ0) is 15.4. The zero-order valence-electron chi connectivity index (χ0n) is 12.1. The second kappa shape index (κ2) is 6.43. The van der Waals surface area contributed by atoms with Gasteiger partial charge in [0.25, 0.3) is 11.8 Å². The Morgan fingerprint density at radius 1 is 0.955 bits per heavy atom. The van der Waals surface area contributed by atoms with E-state index in [9.17, 15) is 9.59 Å². The summed E-state index contributed by atoms with van der Waals surface area (Å²) in [4.78, 5) is 32.2. The van der Waals surface area contributed by atoms with Gasteiger partial charge in [-0.15, -0.1) is 0 Å². The Balaban J connectivity index is 1.65. The van der Waals surface area contributed by atoms with Crippen molar-refractivity contribution >= 4 is 11.8 Å². The Bertz CT molecular complexity index is 640. The van der Waals surface area contributed by atoms with Crippen LogP contribution in [0.3, 0.4) is 0 Å². The first-order valence-electron chi connectivity index (χ1n) is 7.28. The van der Waals surface area contributed by atoms with E-state index in [4.69, 9.17) is 4.42 Å². The molecule has 6 nitrogen and oxygen atoms in total. The molecule has 1 aliphatic heterocycles. The summed E-state index contributed by atoms with van der Waals surface area (Å²) in [7, 11) is 0. The number of carbonyl (C=O) groups is 2. The van der Waals surface area contributed by atoms with E-state index >= 15 is 0 Å². The summed E-state index contributed by atoms with van der Waals surface area (Å²) in [5, 5.41) is 0. The molecule has 1 aliphatic rings. The molecular formula is C16H17N3O3. The molecule has 3 heterocycles. The number of hydrogen-bond donors (Lipinski definition) is 0. The van der Waals surface area contributed by atoms with Gasteiger partial charge in [-0.05, 0) is 30.7 Å². The van der Waals surface area contributed by atoms with Crippen LogP contribution in [0.25, 0.3) is 0 Å². The van der Waals surface area contributed by atoms with Crippen molar-refractivity contribution in [3.05, 3.63) is 54.2 Å². The largest absolute Gasteiger partial charge is 0.459 e. The predicted octanol–water partition coefficient (Wildman–Crippen LogP) is 1.66. The second-order valence-corrected chi connectivity index (χ2v) is 5.15. The highest BCUT2D eigenvalue weighted by atomic mass is 16.3. The average molecular weight is 299 g/mol. The van der Waals surface area contributed by atoms with E-state index in [0.29, 0.717) is 37.5 Å². The van der Waals surface area contributed by atoms with Gasteiger partial charge >= 0.3 is 0 Å². The first-order chi connectivity index (χ1) is 10.8. The van der Waals surface area contributed by atoms with Crippen molar-refractivity contribution < 1.29 is 14.0 Å². The van der Waals surface area contributed by atoms with Crippen LogP contribution in [-0.2, 0) is 0 Å². The molecule has 1 saturated heterocycles. The normalized spacial score (nSPS) is 15.5. The third-order valence-electron chi connectivity index (χ3n) is 3.73. The molecular weight excluding hydrogens is 282 g/mol. The molecule has 2 amide bonds. The number of amides is 2. The van der Waals surface area contributed by atoms with Crippen LogP contribution in [0, 0.1) is 0 Å². The van der Waals surface area contributed by atoms with E-state index in [-0.39, 0.29) is 11.8 Å². The van der Waals surface area contributed by atoms with Crippen LogP contribution in [-0.4, -0.2) is 52.8 Å². The van der Waals surface area contributed by atoms with Gasteiger partial charge in [-0.1, -0.05) is 0 Å². The maximum atomic E-state index is 12.4. The molecule has 2 aromatic rings. The highest BCUT2D eigenvalue weighted by Gasteiger charge is 2.24. The summed E-state index contributed by atoms with van der Waals surface area (Å²) in [5.74, 6) is 0.201. The summed E-state index contributed by atoms with van der Waals surface area (Å²) in [6.07, 6.45) is 5.46. The summed E-state index contributed by atoms with van der Waals surface area (Å²) in [6.45, 7) is 2.30. The third-order valence-corrected chi connectivity index (χ3v) is 3.73. The number of hydrogen-bond acceptors (Lipinski definition) is 4. The molecule has 6 heteroatoms. The Hall–Kier alpha value is -2.63. The van der Waals surface area contributed by atoms with Crippen LogP contribution in [0.2, 0.25) is 0 Å². The van der Waals surface area contributed by atoms with Crippen molar-refractivity contribution in [3.63, 3.8) is 0 Å². The van der Waals surface area contributed by atoms with Crippen LogP contribution >= 0.6 is 0 Å². The van der Waals surface area contributed by atoms with E-state index in [1.54, 1.807) is 46.5 Å². The van der Waals surface area contributed by atoms with Crippen LogP contribution in [0.15, 0.2) is 47.3 Å². The Labute approximate surface area is 128 Å². The van der Waals surface area contributed by atoms with Gasteiger partial charge < -0.3 is 14.2 Å². The fraction of sp³-hybridized carbons (Fsp3) is 0.312. The minimum atomic E-state index is -0.122. The van der Waals surface area contributed by atoms with Crippen LogP contribution in [0.4, 0.5) is 0 Å². The Kier molecular flexibility index (Phi) is 4.18. The van der Waals surface area contributed by atoms with Gasteiger partial charge in [0, 0.05) is 44.1 Å². The van der Waals surface area contributed by atoms with Gasteiger partial charge in [0.1, 0.15) is 0 Å². The Morgan fingerprint density at radius 3 is 2.27 bits per heavy atom. The van der Waals surface area contributed by atoms with E-state index in [2.05, 4.69) is 4.98 Å². The topological polar surface area (TPSA) is 66.7 Å². The third kappa shape index (κ3) is 3.00. The molecule has 22 heavy (non-hydrogen) atoms. The minimum Gasteiger partial charge on any atom is -0.459 e.